The summed E-state index contributed by atoms with van der Waals surface area (Å²) in [6.07, 6.45) is 0.574. The Kier molecular flexibility index (Phi) is 5.96. The van der Waals surface area contributed by atoms with Gasteiger partial charge in [-0.05, 0) is 47.0 Å². The monoisotopic (exact) mass is 366 g/mol. The van der Waals surface area contributed by atoms with Crippen LogP contribution >= 0.6 is 27.3 Å². The van der Waals surface area contributed by atoms with Gasteiger partial charge in [-0.15, -0.1) is 11.3 Å². The van der Waals surface area contributed by atoms with E-state index in [4.69, 9.17) is 5.73 Å². The third kappa shape index (κ3) is 4.66. The van der Waals surface area contributed by atoms with E-state index in [2.05, 4.69) is 15.9 Å². The molecule has 0 spiro atoms. The van der Waals surface area contributed by atoms with Gasteiger partial charge in [0.15, 0.2) is 0 Å². The Labute approximate surface area is 137 Å². The standard InChI is InChI=1S/C16H19BrN2OS/c1-2-19(11-13-8-9-15(17)21-13)16(20)14(18)10-12-6-4-3-5-7-12/h3-9,14H,2,10-11,18H2,1H3/t14-/m0/s1. The molecule has 5 heteroatoms. The van der Waals surface area contributed by atoms with Crippen molar-refractivity contribution in [3.63, 3.8) is 0 Å². The maximum atomic E-state index is 12.5. The van der Waals surface area contributed by atoms with Crippen molar-refractivity contribution in [1.82, 2.24) is 4.90 Å². The number of rotatable bonds is 6. The zero-order chi connectivity index (χ0) is 15.2. The van der Waals surface area contributed by atoms with Gasteiger partial charge in [-0.3, -0.25) is 4.79 Å². The van der Waals surface area contributed by atoms with Crippen LogP contribution in [0.3, 0.4) is 0 Å². The van der Waals surface area contributed by atoms with E-state index in [0.29, 0.717) is 19.5 Å². The predicted octanol–water partition coefficient (Wildman–Crippen LogP) is 3.43. The van der Waals surface area contributed by atoms with Crippen LogP contribution in [0, 0.1) is 0 Å². The average molecular weight is 367 g/mol. The van der Waals surface area contributed by atoms with Gasteiger partial charge in [-0.1, -0.05) is 30.3 Å². The van der Waals surface area contributed by atoms with E-state index in [1.54, 1.807) is 11.3 Å². The average Bonchev–Trinajstić information content (AvgIpc) is 2.90. The molecule has 0 bridgehead atoms. The van der Waals surface area contributed by atoms with E-state index in [-0.39, 0.29) is 5.91 Å². The lowest BCUT2D eigenvalue weighted by Gasteiger charge is -2.24. The van der Waals surface area contributed by atoms with Crippen LogP contribution in [0.25, 0.3) is 0 Å². The highest BCUT2D eigenvalue weighted by Gasteiger charge is 2.20. The SMILES string of the molecule is CCN(Cc1ccc(Br)s1)C(=O)[C@@H](N)Cc1ccccc1. The van der Waals surface area contributed by atoms with Gasteiger partial charge in [0, 0.05) is 11.4 Å². The summed E-state index contributed by atoms with van der Waals surface area (Å²) in [5, 5.41) is 0. The third-order valence-electron chi connectivity index (χ3n) is 3.28. The molecule has 0 aliphatic carbocycles. The highest BCUT2D eigenvalue weighted by Crippen LogP contribution is 2.23. The van der Waals surface area contributed by atoms with Crippen LogP contribution in [0.1, 0.15) is 17.4 Å². The van der Waals surface area contributed by atoms with Crippen molar-refractivity contribution in [2.24, 2.45) is 5.73 Å². The molecule has 1 amide bonds. The van der Waals surface area contributed by atoms with Crippen LogP contribution < -0.4 is 5.73 Å². The molecule has 0 fully saturated rings. The number of carbonyl (C=O) groups is 1. The molecule has 3 nitrogen and oxygen atoms in total. The van der Waals surface area contributed by atoms with Crippen LogP contribution in [0.2, 0.25) is 0 Å². The Hall–Kier alpha value is -1.17. The third-order valence-corrected chi connectivity index (χ3v) is 4.89. The number of amides is 1. The summed E-state index contributed by atoms with van der Waals surface area (Å²) in [5.41, 5.74) is 7.18. The van der Waals surface area contributed by atoms with Gasteiger partial charge in [-0.2, -0.15) is 0 Å². The number of nitrogens with two attached hydrogens (primary N) is 1. The Balaban J connectivity index is 1.98. The van der Waals surface area contributed by atoms with Gasteiger partial charge in [-0.25, -0.2) is 0 Å². The number of thiophene rings is 1. The van der Waals surface area contributed by atoms with E-state index in [1.807, 2.05) is 54.3 Å². The summed E-state index contributed by atoms with van der Waals surface area (Å²) in [4.78, 5) is 15.5. The minimum absolute atomic E-state index is 0.00544. The highest BCUT2D eigenvalue weighted by atomic mass is 79.9. The van der Waals surface area contributed by atoms with Crippen LogP contribution in [-0.4, -0.2) is 23.4 Å². The molecule has 21 heavy (non-hydrogen) atoms. The lowest BCUT2D eigenvalue weighted by Crippen LogP contribution is -2.44. The van der Waals surface area contributed by atoms with Gasteiger partial charge >= 0.3 is 0 Å². The van der Waals surface area contributed by atoms with Crippen molar-refractivity contribution >= 4 is 33.2 Å². The summed E-state index contributed by atoms with van der Waals surface area (Å²) in [5.74, 6) is 0.00544. The molecule has 2 aromatic rings. The van der Waals surface area contributed by atoms with Crippen LogP contribution in [-0.2, 0) is 17.8 Å². The Morgan fingerprint density at radius 3 is 2.57 bits per heavy atom. The summed E-state index contributed by atoms with van der Waals surface area (Å²) in [7, 11) is 0. The zero-order valence-corrected chi connectivity index (χ0v) is 14.4. The molecule has 0 saturated heterocycles. The summed E-state index contributed by atoms with van der Waals surface area (Å²) >= 11 is 5.09. The van der Waals surface area contributed by atoms with Crippen molar-refractivity contribution in [1.29, 1.82) is 0 Å². The molecule has 0 aliphatic rings. The van der Waals surface area contributed by atoms with Crippen molar-refractivity contribution < 1.29 is 4.79 Å². The quantitative estimate of drug-likeness (QED) is 0.850. The van der Waals surface area contributed by atoms with Crippen LogP contribution in [0.4, 0.5) is 0 Å². The second-order valence-electron chi connectivity index (χ2n) is 4.85. The number of nitrogens with zero attached hydrogens (tertiary/aromatic N) is 1. The number of benzene rings is 1. The number of hydrogen-bond donors (Lipinski definition) is 1. The fourth-order valence-corrected chi connectivity index (χ4v) is 3.66. The molecule has 0 aliphatic heterocycles. The number of likely N-dealkylation sites (N-methyl/N-ethyl adjacent to an activating group) is 1. The lowest BCUT2D eigenvalue weighted by molar-refractivity contribution is -0.132. The number of hydrogen-bond acceptors (Lipinski definition) is 3. The van der Waals surface area contributed by atoms with Gasteiger partial charge in [0.25, 0.3) is 0 Å². The van der Waals surface area contributed by atoms with Crippen LogP contribution in [0.15, 0.2) is 46.3 Å². The molecular formula is C16H19BrN2OS. The maximum Gasteiger partial charge on any atom is 0.240 e. The molecular weight excluding hydrogens is 348 g/mol. The van der Waals surface area contributed by atoms with E-state index >= 15 is 0 Å². The van der Waals surface area contributed by atoms with Gasteiger partial charge in [0.05, 0.1) is 16.4 Å². The fraction of sp³-hybridized carbons (Fsp3) is 0.312. The van der Waals surface area contributed by atoms with Crippen molar-refractivity contribution in [2.75, 3.05) is 6.54 Å². The van der Waals surface area contributed by atoms with Gasteiger partial charge in [0.2, 0.25) is 5.91 Å². The molecule has 0 saturated carbocycles. The highest BCUT2D eigenvalue weighted by molar-refractivity contribution is 9.11. The molecule has 0 radical (unpaired) electrons. The van der Waals surface area contributed by atoms with Crippen molar-refractivity contribution in [3.8, 4) is 0 Å². The fourth-order valence-electron chi connectivity index (χ4n) is 2.16. The zero-order valence-electron chi connectivity index (χ0n) is 12.0. The Morgan fingerprint density at radius 1 is 1.29 bits per heavy atom. The normalized spacial score (nSPS) is 12.1. The first-order chi connectivity index (χ1) is 10.1. The first-order valence-corrected chi connectivity index (χ1v) is 8.53. The first-order valence-electron chi connectivity index (χ1n) is 6.92. The Morgan fingerprint density at radius 2 is 2.00 bits per heavy atom. The molecule has 2 rings (SSSR count). The Bertz CT molecular complexity index is 585. The smallest absolute Gasteiger partial charge is 0.240 e. The molecule has 1 aromatic heterocycles. The predicted molar refractivity (Wildman–Crippen MR) is 91.2 cm³/mol. The topological polar surface area (TPSA) is 46.3 Å². The van der Waals surface area contributed by atoms with Crippen LogP contribution in [0.5, 0.6) is 0 Å². The van der Waals surface area contributed by atoms with Gasteiger partial charge in [0.1, 0.15) is 0 Å². The van der Waals surface area contributed by atoms with Crippen molar-refractivity contribution in [3.05, 3.63) is 56.7 Å². The molecule has 2 N–H and O–H groups in total. The van der Waals surface area contributed by atoms with Crippen molar-refractivity contribution in [2.45, 2.75) is 25.9 Å². The van der Waals surface area contributed by atoms with E-state index in [1.165, 1.54) is 0 Å². The molecule has 1 heterocycles. The van der Waals surface area contributed by atoms with E-state index in [9.17, 15) is 4.79 Å². The summed E-state index contributed by atoms with van der Waals surface area (Å²) < 4.78 is 1.08. The molecule has 112 valence electrons. The maximum absolute atomic E-state index is 12.5. The lowest BCUT2D eigenvalue weighted by atomic mass is 10.1. The summed E-state index contributed by atoms with van der Waals surface area (Å²) in [6.45, 7) is 3.26. The molecule has 1 atom stereocenters. The number of halogens is 1. The van der Waals surface area contributed by atoms with E-state index in [0.717, 1.165) is 14.2 Å². The second-order valence-corrected chi connectivity index (χ2v) is 7.40. The first kappa shape index (κ1) is 16.2. The molecule has 0 unspecified atom stereocenters. The summed E-state index contributed by atoms with van der Waals surface area (Å²) in [6, 6.07) is 13.4. The molecule has 1 aromatic carbocycles. The second kappa shape index (κ2) is 7.73. The van der Waals surface area contributed by atoms with E-state index < -0.39 is 6.04 Å². The largest absolute Gasteiger partial charge is 0.336 e. The van der Waals surface area contributed by atoms with Gasteiger partial charge < -0.3 is 10.6 Å². The minimum atomic E-state index is -0.490. The minimum Gasteiger partial charge on any atom is -0.336 e. The number of carbonyl (C=O) groups excluding carboxylic acids is 1.